The number of sulfonamides is 1. The Morgan fingerprint density at radius 2 is 2.00 bits per heavy atom. The van der Waals surface area contributed by atoms with Crippen molar-refractivity contribution < 1.29 is 8.42 Å². The predicted molar refractivity (Wildman–Crippen MR) is 78.0 cm³/mol. The number of aromatic amines is 1. The SMILES string of the molecule is Cc1ccc(N(CCCN)S(=O)(=O)c2cnc[nH]2)cc1. The Morgan fingerprint density at radius 1 is 1.30 bits per heavy atom. The van der Waals surface area contributed by atoms with Crippen LogP contribution < -0.4 is 10.0 Å². The van der Waals surface area contributed by atoms with Crippen molar-refractivity contribution in [3.63, 3.8) is 0 Å². The van der Waals surface area contributed by atoms with Crippen molar-refractivity contribution in [2.24, 2.45) is 5.73 Å². The second kappa shape index (κ2) is 6.06. The van der Waals surface area contributed by atoms with Gasteiger partial charge in [0.2, 0.25) is 0 Å². The van der Waals surface area contributed by atoms with Crippen molar-refractivity contribution in [1.29, 1.82) is 0 Å². The van der Waals surface area contributed by atoms with Crippen molar-refractivity contribution >= 4 is 15.7 Å². The fourth-order valence-electron chi connectivity index (χ4n) is 1.84. The average Bonchev–Trinajstić information content (AvgIpc) is 2.96. The van der Waals surface area contributed by atoms with Crippen LogP contribution in [-0.4, -0.2) is 31.5 Å². The number of aromatic nitrogens is 2. The van der Waals surface area contributed by atoms with E-state index in [0.29, 0.717) is 25.2 Å². The lowest BCUT2D eigenvalue weighted by atomic mass is 10.2. The molecule has 0 spiro atoms. The molecular formula is C13H18N4O2S. The highest BCUT2D eigenvalue weighted by Gasteiger charge is 2.25. The van der Waals surface area contributed by atoms with E-state index in [2.05, 4.69) is 9.97 Å². The van der Waals surface area contributed by atoms with Gasteiger partial charge in [-0.25, -0.2) is 4.98 Å². The highest BCUT2D eigenvalue weighted by molar-refractivity contribution is 7.92. The van der Waals surface area contributed by atoms with Gasteiger partial charge in [0, 0.05) is 6.54 Å². The van der Waals surface area contributed by atoms with Crippen LogP contribution >= 0.6 is 0 Å². The third kappa shape index (κ3) is 3.00. The first-order valence-corrected chi connectivity index (χ1v) is 7.77. The zero-order valence-corrected chi connectivity index (χ0v) is 12.1. The summed E-state index contributed by atoms with van der Waals surface area (Å²) in [5.74, 6) is 0. The van der Waals surface area contributed by atoms with Crippen LogP contribution in [0.2, 0.25) is 0 Å². The van der Waals surface area contributed by atoms with Crippen molar-refractivity contribution in [3.05, 3.63) is 42.4 Å². The molecule has 1 heterocycles. The quantitative estimate of drug-likeness (QED) is 0.839. The van der Waals surface area contributed by atoms with E-state index < -0.39 is 10.0 Å². The molecular weight excluding hydrogens is 276 g/mol. The summed E-state index contributed by atoms with van der Waals surface area (Å²) in [7, 11) is -3.64. The normalized spacial score (nSPS) is 11.5. The lowest BCUT2D eigenvalue weighted by Crippen LogP contribution is -2.33. The van der Waals surface area contributed by atoms with Gasteiger partial charge in [0.25, 0.3) is 10.0 Å². The third-order valence-electron chi connectivity index (χ3n) is 2.93. The molecule has 0 radical (unpaired) electrons. The first-order valence-electron chi connectivity index (χ1n) is 6.33. The van der Waals surface area contributed by atoms with Crippen molar-refractivity contribution in [2.75, 3.05) is 17.4 Å². The van der Waals surface area contributed by atoms with Gasteiger partial charge < -0.3 is 10.7 Å². The van der Waals surface area contributed by atoms with Gasteiger partial charge in [-0.15, -0.1) is 0 Å². The average molecular weight is 294 g/mol. The number of hydrogen-bond acceptors (Lipinski definition) is 4. The minimum absolute atomic E-state index is 0.0788. The molecule has 0 aliphatic heterocycles. The monoisotopic (exact) mass is 294 g/mol. The maximum Gasteiger partial charge on any atom is 0.281 e. The smallest absolute Gasteiger partial charge is 0.281 e. The number of imidazole rings is 1. The molecule has 2 rings (SSSR count). The summed E-state index contributed by atoms with van der Waals surface area (Å²) in [4.78, 5) is 6.42. The number of aryl methyl sites for hydroxylation is 1. The lowest BCUT2D eigenvalue weighted by Gasteiger charge is -2.23. The standard InChI is InChI=1S/C13H18N4O2S/c1-11-3-5-12(6-4-11)17(8-2-7-14)20(18,19)13-9-15-10-16-13/h3-6,9-10H,2,7-8,14H2,1H3,(H,15,16). The molecule has 0 saturated heterocycles. The number of benzene rings is 1. The Kier molecular flexibility index (Phi) is 4.41. The Balaban J connectivity index is 2.40. The molecule has 6 nitrogen and oxygen atoms in total. The number of hydrogen-bond donors (Lipinski definition) is 2. The Morgan fingerprint density at radius 3 is 2.55 bits per heavy atom. The van der Waals surface area contributed by atoms with Crippen molar-refractivity contribution in [3.8, 4) is 0 Å². The molecule has 0 bridgehead atoms. The van der Waals surface area contributed by atoms with Crippen molar-refractivity contribution in [2.45, 2.75) is 18.4 Å². The topological polar surface area (TPSA) is 92.1 Å². The first-order chi connectivity index (χ1) is 9.55. The maximum atomic E-state index is 12.6. The molecule has 0 amide bonds. The molecule has 108 valence electrons. The highest BCUT2D eigenvalue weighted by atomic mass is 32.2. The second-order valence-corrected chi connectivity index (χ2v) is 6.30. The van der Waals surface area contributed by atoms with Gasteiger partial charge >= 0.3 is 0 Å². The van der Waals surface area contributed by atoms with E-state index >= 15 is 0 Å². The fourth-order valence-corrected chi connectivity index (χ4v) is 3.24. The van der Waals surface area contributed by atoms with E-state index in [1.54, 1.807) is 12.1 Å². The molecule has 7 heteroatoms. The zero-order valence-electron chi connectivity index (χ0n) is 11.3. The molecule has 3 N–H and O–H groups in total. The molecule has 0 aliphatic rings. The molecule has 0 atom stereocenters. The van der Waals surface area contributed by atoms with E-state index in [1.165, 1.54) is 16.8 Å². The summed E-state index contributed by atoms with van der Waals surface area (Å²) >= 11 is 0. The van der Waals surface area contributed by atoms with Gasteiger partial charge in [-0.05, 0) is 32.0 Å². The minimum atomic E-state index is -3.64. The van der Waals surface area contributed by atoms with Gasteiger partial charge in [0.1, 0.15) is 0 Å². The van der Waals surface area contributed by atoms with E-state index in [4.69, 9.17) is 5.73 Å². The summed E-state index contributed by atoms with van der Waals surface area (Å²) in [6.07, 6.45) is 3.24. The molecule has 20 heavy (non-hydrogen) atoms. The van der Waals surface area contributed by atoms with E-state index in [-0.39, 0.29) is 5.03 Å². The van der Waals surface area contributed by atoms with Crippen LogP contribution in [-0.2, 0) is 10.0 Å². The van der Waals surface area contributed by atoms with Crippen molar-refractivity contribution in [1.82, 2.24) is 9.97 Å². The number of nitrogens with zero attached hydrogens (tertiary/aromatic N) is 2. The summed E-state index contributed by atoms with van der Waals surface area (Å²) < 4.78 is 26.6. The van der Waals surface area contributed by atoms with Crippen LogP contribution in [0.3, 0.4) is 0 Å². The van der Waals surface area contributed by atoms with Crippen LogP contribution in [0.4, 0.5) is 5.69 Å². The van der Waals surface area contributed by atoms with E-state index in [0.717, 1.165) is 5.56 Å². The molecule has 0 unspecified atom stereocenters. The van der Waals surface area contributed by atoms with E-state index in [9.17, 15) is 8.42 Å². The summed E-state index contributed by atoms with van der Waals surface area (Å²) in [6.45, 7) is 2.72. The van der Waals surface area contributed by atoms with Gasteiger partial charge in [0.15, 0.2) is 5.03 Å². The van der Waals surface area contributed by atoms with Gasteiger partial charge in [-0.1, -0.05) is 17.7 Å². The van der Waals surface area contributed by atoms with Crippen LogP contribution in [0.1, 0.15) is 12.0 Å². The highest BCUT2D eigenvalue weighted by Crippen LogP contribution is 2.22. The summed E-state index contributed by atoms with van der Waals surface area (Å²) in [5.41, 5.74) is 7.20. The van der Waals surface area contributed by atoms with Gasteiger partial charge in [0.05, 0.1) is 18.2 Å². The summed E-state index contributed by atoms with van der Waals surface area (Å²) in [6, 6.07) is 7.35. The maximum absolute atomic E-state index is 12.6. The van der Waals surface area contributed by atoms with Crippen LogP contribution in [0, 0.1) is 6.92 Å². The third-order valence-corrected chi connectivity index (χ3v) is 4.68. The minimum Gasteiger partial charge on any atom is -0.334 e. The molecule has 1 aromatic heterocycles. The fraction of sp³-hybridized carbons (Fsp3) is 0.308. The largest absolute Gasteiger partial charge is 0.334 e. The Labute approximate surface area is 118 Å². The summed E-state index contributed by atoms with van der Waals surface area (Å²) in [5, 5.41) is 0.0788. The number of nitrogens with two attached hydrogens (primary N) is 1. The van der Waals surface area contributed by atoms with E-state index in [1.807, 2.05) is 19.1 Å². The van der Waals surface area contributed by atoms with Gasteiger partial charge in [-0.3, -0.25) is 4.31 Å². The number of anilines is 1. The number of rotatable bonds is 6. The Hall–Kier alpha value is -1.86. The molecule has 2 aromatic rings. The zero-order chi connectivity index (χ0) is 14.6. The molecule has 1 aromatic carbocycles. The molecule has 0 aliphatic carbocycles. The predicted octanol–water partition coefficient (Wildman–Crippen LogP) is 1.26. The molecule has 0 saturated carbocycles. The Bertz CT molecular complexity index is 636. The van der Waals surface area contributed by atoms with Crippen LogP contribution in [0.25, 0.3) is 0 Å². The number of nitrogens with one attached hydrogen (secondary N) is 1. The van der Waals surface area contributed by atoms with Crippen LogP contribution in [0.15, 0.2) is 41.8 Å². The second-order valence-electron chi connectivity index (χ2n) is 4.47. The van der Waals surface area contributed by atoms with Crippen LogP contribution in [0.5, 0.6) is 0 Å². The first kappa shape index (κ1) is 14.5. The lowest BCUT2D eigenvalue weighted by molar-refractivity contribution is 0.586. The van der Waals surface area contributed by atoms with Gasteiger partial charge in [-0.2, -0.15) is 8.42 Å². The number of H-pyrrole nitrogens is 1. The molecule has 0 fully saturated rings.